The Labute approximate surface area is 236 Å². The molecule has 6 rings (SSSR count). The van der Waals surface area contributed by atoms with E-state index >= 15 is 4.39 Å². The van der Waals surface area contributed by atoms with Crippen LogP contribution in [-0.4, -0.2) is 80.0 Å². The highest BCUT2D eigenvalue weighted by Gasteiger charge is 2.43. The van der Waals surface area contributed by atoms with E-state index in [2.05, 4.69) is 10.2 Å². The molecule has 10 heteroatoms. The molecule has 4 heterocycles. The second-order valence-electron chi connectivity index (χ2n) is 10.9. The molecule has 0 aliphatic carbocycles. The number of hydrogen-bond acceptors (Lipinski definition) is 7. The Morgan fingerprint density at radius 2 is 1.70 bits per heavy atom. The molecule has 2 N–H and O–H groups in total. The van der Waals surface area contributed by atoms with Crippen LogP contribution >= 0.6 is 11.3 Å². The molecular formula is C30H32FN3O5S. The quantitative estimate of drug-likeness (QED) is 0.496. The van der Waals surface area contributed by atoms with E-state index in [0.29, 0.717) is 79.7 Å². The maximum absolute atomic E-state index is 15.2. The van der Waals surface area contributed by atoms with Gasteiger partial charge in [0, 0.05) is 48.4 Å². The zero-order valence-electron chi connectivity index (χ0n) is 22.5. The van der Waals surface area contributed by atoms with Crippen molar-refractivity contribution < 1.29 is 28.6 Å². The lowest BCUT2D eigenvalue weighted by molar-refractivity contribution is 0.0303. The summed E-state index contributed by atoms with van der Waals surface area (Å²) in [7, 11) is 0. The van der Waals surface area contributed by atoms with Crippen molar-refractivity contribution in [3.8, 4) is 22.3 Å². The number of hydrogen-bond donors (Lipinski definition) is 2. The van der Waals surface area contributed by atoms with Crippen molar-refractivity contribution in [3.63, 3.8) is 0 Å². The van der Waals surface area contributed by atoms with Crippen LogP contribution in [0.1, 0.15) is 45.5 Å². The molecule has 210 valence electrons. The summed E-state index contributed by atoms with van der Waals surface area (Å²) in [5, 5.41) is 15.3. The lowest BCUT2D eigenvalue weighted by Gasteiger charge is -2.36. The number of nitrogens with one attached hydrogen (secondary N) is 1. The molecule has 40 heavy (non-hydrogen) atoms. The van der Waals surface area contributed by atoms with E-state index in [0.717, 1.165) is 16.1 Å². The minimum atomic E-state index is -0.934. The Kier molecular flexibility index (Phi) is 7.12. The molecule has 0 unspecified atom stereocenters. The van der Waals surface area contributed by atoms with Crippen LogP contribution in [0.5, 0.6) is 0 Å². The predicted octanol–water partition coefficient (Wildman–Crippen LogP) is 4.09. The summed E-state index contributed by atoms with van der Waals surface area (Å²) < 4.78 is 26.2. The van der Waals surface area contributed by atoms with Gasteiger partial charge in [-0.05, 0) is 49.2 Å². The number of halogens is 1. The average Bonchev–Trinajstić information content (AvgIpc) is 3.38. The predicted molar refractivity (Wildman–Crippen MR) is 151 cm³/mol. The fourth-order valence-electron chi connectivity index (χ4n) is 5.58. The Bertz CT molecular complexity index is 1460. The van der Waals surface area contributed by atoms with Crippen LogP contribution in [0, 0.1) is 5.82 Å². The molecule has 0 saturated carbocycles. The summed E-state index contributed by atoms with van der Waals surface area (Å²) in [5.74, 6) is -0.803. The molecule has 1 aromatic heterocycles. The molecule has 2 aromatic carbocycles. The van der Waals surface area contributed by atoms with Gasteiger partial charge in [0.25, 0.3) is 11.8 Å². The molecule has 3 aliphatic heterocycles. The van der Waals surface area contributed by atoms with Crippen LogP contribution in [0.3, 0.4) is 0 Å². The first-order chi connectivity index (χ1) is 19.2. The second kappa shape index (κ2) is 10.6. The van der Waals surface area contributed by atoms with Crippen LogP contribution in [0.15, 0.2) is 42.5 Å². The third kappa shape index (κ3) is 4.79. The monoisotopic (exact) mass is 565 g/mol. The topological polar surface area (TPSA) is 91.3 Å². The maximum atomic E-state index is 15.2. The third-order valence-electron chi connectivity index (χ3n) is 7.80. The van der Waals surface area contributed by atoms with Gasteiger partial charge < -0.3 is 29.7 Å². The highest BCUT2D eigenvalue weighted by Crippen LogP contribution is 2.50. The lowest BCUT2D eigenvalue weighted by Crippen LogP contribution is -2.51. The van der Waals surface area contributed by atoms with Gasteiger partial charge in [0.2, 0.25) is 0 Å². The average molecular weight is 566 g/mol. The Morgan fingerprint density at radius 3 is 2.42 bits per heavy atom. The minimum Gasteiger partial charge on any atom is -0.386 e. The van der Waals surface area contributed by atoms with Crippen molar-refractivity contribution in [1.29, 1.82) is 0 Å². The Hall–Kier alpha value is -3.31. The number of benzene rings is 2. The number of amides is 2. The summed E-state index contributed by atoms with van der Waals surface area (Å²) in [6.45, 7) is 8.03. The molecule has 0 bridgehead atoms. The van der Waals surface area contributed by atoms with Crippen LogP contribution < -0.4 is 10.2 Å². The number of carbonyl (C=O) groups is 2. The van der Waals surface area contributed by atoms with Crippen LogP contribution in [0.25, 0.3) is 22.3 Å². The highest BCUT2D eigenvalue weighted by molar-refractivity contribution is 7.19. The normalized spacial score (nSPS) is 20.7. The summed E-state index contributed by atoms with van der Waals surface area (Å²) in [6, 6.07) is 11.9. The summed E-state index contributed by atoms with van der Waals surface area (Å²) >= 11 is 1.37. The van der Waals surface area contributed by atoms with Gasteiger partial charge in [-0.25, -0.2) is 4.39 Å². The molecule has 2 saturated heterocycles. The smallest absolute Gasteiger partial charge is 0.262 e. The van der Waals surface area contributed by atoms with E-state index in [9.17, 15) is 14.7 Å². The third-order valence-corrected chi connectivity index (χ3v) is 9.06. The van der Waals surface area contributed by atoms with Crippen molar-refractivity contribution in [2.75, 3.05) is 57.5 Å². The standard InChI is InChI=1S/C30H32FN3O5S/c1-30(2)26(35)24-23(29(34-10-14-39-15-11-34)40-25(24)27(36)32-30)19-5-3-4-18(16-19)21-17-20(6-7-22(21)31)28(37)33-8-12-38-13-9-33/h3-7,16-17,26,35H,8-15H2,1-2H3,(H,32,36)/t26-/m0/s1. The van der Waals surface area contributed by atoms with Crippen molar-refractivity contribution in [1.82, 2.24) is 10.2 Å². The number of ether oxygens (including phenoxy) is 2. The van der Waals surface area contributed by atoms with Gasteiger partial charge in [-0.2, -0.15) is 0 Å². The van der Waals surface area contributed by atoms with E-state index < -0.39 is 17.5 Å². The van der Waals surface area contributed by atoms with Gasteiger partial charge in [0.05, 0.1) is 32.0 Å². The number of fused-ring (bicyclic) bond motifs is 1. The van der Waals surface area contributed by atoms with Crippen LogP contribution in [-0.2, 0) is 9.47 Å². The number of carbonyl (C=O) groups excluding carboxylic acids is 2. The molecule has 8 nitrogen and oxygen atoms in total. The van der Waals surface area contributed by atoms with E-state index in [1.54, 1.807) is 24.8 Å². The molecule has 1 atom stereocenters. The van der Waals surface area contributed by atoms with Gasteiger partial charge >= 0.3 is 0 Å². The molecule has 2 amide bonds. The van der Waals surface area contributed by atoms with Crippen molar-refractivity contribution in [2.45, 2.75) is 25.5 Å². The SMILES string of the molecule is CC1(C)NC(=O)c2sc(N3CCOCC3)c(-c3cccc(-c4cc(C(=O)N5CCOCC5)ccc4F)c3)c2[C@@H]1O. The Morgan fingerprint density at radius 1 is 1.02 bits per heavy atom. The first-order valence-corrected chi connectivity index (χ1v) is 14.3. The zero-order chi connectivity index (χ0) is 28.0. The molecule has 0 spiro atoms. The summed E-state index contributed by atoms with van der Waals surface area (Å²) in [4.78, 5) is 30.7. The first-order valence-electron chi connectivity index (χ1n) is 13.5. The number of nitrogens with zero attached hydrogens (tertiary/aromatic N) is 2. The van der Waals surface area contributed by atoms with E-state index in [1.165, 1.54) is 23.5 Å². The maximum Gasteiger partial charge on any atom is 0.262 e. The molecule has 0 radical (unpaired) electrons. The van der Waals surface area contributed by atoms with E-state index in [-0.39, 0.29) is 11.8 Å². The second-order valence-corrected chi connectivity index (χ2v) is 11.9. The van der Waals surface area contributed by atoms with Crippen LogP contribution in [0.2, 0.25) is 0 Å². The van der Waals surface area contributed by atoms with Crippen molar-refractivity contribution in [2.24, 2.45) is 0 Å². The minimum absolute atomic E-state index is 0.154. The lowest BCUT2D eigenvalue weighted by atomic mass is 9.83. The van der Waals surface area contributed by atoms with Crippen molar-refractivity contribution in [3.05, 3.63) is 64.3 Å². The molecule has 3 aliphatic rings. The Balaban J connectivity index is 1.45. The molecule has 3 aromatic rings. The van der Waals surface area contributed by atoms with Gasteiger partial charge in [0.15, 0.2) is 0 Å². The fraction of sp³-hybridized carbons (Fsp3) is 0.400. The van der Waals surface area contributed by atoms with Gasteiger partial charge in [-0.1, -0.05) is 18.2 Å². The van der Waals surface area contributed by atoms with Crippen LogP contribution in [0.4, 0.5) is 9.39 Å². The highest BCUT2D eigenvalue weighted by atomic mass is 32.1. The van der Waals surface area contributed by atoms with Gasteiger partial charge in [-0.15, -0.1) is 11.3 Å². The fourth-order valence-corrected chi connectivity index (χ4v) is 6.88. The van der Waals surface area contributed by atoms with E-state index in [4.69, 9.17) is 9.47 Å². The number of thiophene rings is 1. The van der Waals surface area contributed by atoms with E-state index in [1.807, 2.05) is 24.3 Å². The van der Waals surface area contributed by atoms with Gasteiger partial charge in [-0.3, -0.25) is 9.59 Å². The summed E-state index contributed by atoms with van der Waals surface area (Å²) in [6.07, 6.45) is -0.934. The first kappa shape index (κ1) is 26.9. The number of aliphatic hydroxyl groups is 1. The number of rotatable bonds is 4. The number of aliphatic hydroxyl groups excluding tert-OH is 1. The number of morpholine rings is 2. The molecule has 2 fully saturated rings. The largest absolute Gasteiger partial charge is 0.386 e. The zero-order valence-corrected chi connectivity index (χ0v) is 23.4. The molecular weight excluding hydrogens is 533 g/mol. The number of anilines is 1. The van der Waals surface area contributed by atoms with Crippen molar-refractivity contribution >= 4 is 28.2 Å². The summed E-state index contributed by atoms with van der Waals surface area (Å²) in [5.41, 5.74) is 2.62. The van der Waals surface area contributed by atoms with Gasteiger partial charge in [0.1, 0.15) is 21.8 Å².